The summed E-state index contributed by atoms with van der Waals surface area (Å²) in [6.45, 7) is 3.48. The predicted octanol–water partition coefficient (Wildman–Crippen LogP) is 1.15. The highest BCUT2D eigenvalue weighted by atomic mass is 32.1. The molecule has 3 rings (SSSR count). The van der Waals surface area contributed by atoms with Gasteiger partial charge in [0.05, 0.1) is 12.1 Å². The minimum Gasteiger partial charge on any atom is -0.368 e. The van der Waals surface area contributed by atoms with Gasteiger partial charge in [-0.15, -0.1) is 11.3 Å². The average molecular weight is 407 g/mol. The van der Waals surface area contributed by atoms with Crippen molar-refractivity contribution >= 4 is 33.5 Å². The van der Waals surface area contributed by atoms with Gasteiger partial charge in [-0.25, -0.2) is 9.78 Å². The van der Waals surface area contributed by atoms with Crippen molar-refractivity contribution in [3.8, 4) is 0 Å². The summed E-state index contributed by atoms with van der Waals surface area (Å²) >= 11 is 1.34. The fourth-order valence-corrected chi connectivity index (χ4v) is 4.21. The minimum atomic E-state index is -0.982. The van der Waals surface area contributed by atoms with Crippen molar-refractivity contribution in [2.45, 2.75) is 31.9 Å². The van der Waals surface area contributed by atoms with E-state index in [4.69, 9.17) is 4.74 Å². The normalized spacial score (nSPS) is 16.2. The molecule has 0 spiro atoms. The number of hydrogen-bond donors (Lipinski definition) is 2. The number of likely N-dealkylation sites (tertiary alicyclic amines) is 1. The topological polar surface area (TPSA) is 108 Å². The molecule has 2 aromatic rings. The molecule has 1 aliphatic rings. The Bertz CT molecular complexity index is 916. The van der Waals surface area contributed by atoms with Crippen LogP contribution in [0.25, 0.3) is 10.2 Å². The Morgan fingerprint density at radius 1 is 1.43 bits per heavy atom. The number of fused-ring (bicyclic) bond motifs is 1. The van der Waals surface area contributed by atoms with Gasteiger partial charge in [-0.3, -0.25) is 9.59 Å². The lowest BCUT2D eigenvalue weighted by Crippen LogP contribution is -2.57. The van der Waals surface area contributed by atoms with Crippen LogP contribution in [-0.2, 0) is 16.1 Å². The van der Waals surface area contributed by atoms with E-state index in [0.29, 0.717) is 48.5 Å². The summed E-state index contributed by atoms with van der Waals surface area (Å²) < 4.78 is 6.20. The first-order chi connectivity index (χ1) is 13.4. The van der Waals surface area contributed by atoms with E-state index < -0.39 is 5.60 Å². The molecule has 3 amide bonds. The van der Waals surface area contributed by atoms with Crippen molar-refractivity contribution in [3.63, 3.8) is 0 Å². The molecule has 0 unspecified atom stereocenters. The lowest BCUT2D eigenvalue weighted by atomic mass is 9.89. The fourth-order valence-electron chi connectivity index (χ4n) is 3.48. The molecule has 0 bridgehead atoms. The molecule has 2 N–H and O–H groups in total. The van der Waals surface area contributed by atoms with E-state index in [0.717, 1.165) is 0 Å². The highest BCUT2D eigenvalue weighted by Gasteiger charge is 2.44. The monoisotopic (exact) mass is 407 g/mol. The van der Waals surface area contributed by atoms with Gasteiger partial charge in [-0.05, 0) is 18.4 Å². The molecule has 1 fully saturated rings. The second-order valence-electron chi connectivity index (χ2n) is 6.83. The van der Waals surface area contributed by atoms with Crippen LogP contribution < -0.4 is 10.9 Å². The van der Waals surface area contributed by atoms with Crippen LogP contribution in [0.4, 0.5) is 4.79 Å². The first-order valence-corrected chi connectivity index (χ1v) is 10.1. The van der Waals surface area contributed by atoms with Crippen LogP contribution in [0.3, 0.4) is 0 Å². The highest BCUT2D eigenvalue weighted by Crippen LogP contribution is 2.28. The number of aromatic nitrogens is 2. The molecule has 0 aliphatic carbocycles. The first-order valence-electron chi connectivity index (χ1n) is 9.20. The Hall–Kier alpha value is -2.46. The average Bonchev–Trinajstić information content (AvgIpc) is 3.17. The summed E-state index contributed by atoms with van der Waals surface area (Å²) in [5, 5.41) is 4.59. The lowest BCUT2D eigenvalue weighted by molar-refractivity contribution is -0.159. The summed E-state index contributed by atoms with van der Waals surface area (Å²) in [7, 11) is 3.18. The number of hydrogen-bond acceptors (Lipinski definition) is 6. The summed E-state index contributed by atoms with van der Waals surface area (Å²) in [5.41, 5.74) is -0.557. The zero-order valence-electron chi connectivity index (χ0n) is 16.3. The minimum absolute atomic E-state index is 0.126. The molecular weight excluding hydrogens is 382 g/mol. The molecule has 28 heavy (non-hydrogen) atoms. The van der Waals surface area contributed by atoms with Gasteiger partial charge in [0.15, 0.2) is 0 Å². The number of amides is 3. The molecule has 2 aromatic heterocycles. The molecule has 0 atom stereocenters. The number of urea groups is 1. The van der Waals surface area contributed by atoms with E-state index in [9.17, 15) is 14.4 Å². The Morgan fingerprint density at radius 2 is 2.14 bits per heavy atom. The van der Waals surface area contributed by atoms with Crippen molar-refractivity contribution in [3.05, 3.63) is 27.6 Å². The summed E-state index contributed by atoms with van der Waals surface area (Å²) in [6.07, 6.45) is 0.828. The molecule has 1 saturated heterocycles. The van der Waals surface area contributed by atoms with Gasteiger partial charge >= 0.3 is 6.03 Å². The Kier molecular flexibility index (Phi) is 5.99. The van der Waals surface area contributed by atoms with Crippen LogP contribution in [0.5, 0.6) is 0 Å². The van der Waals surface area contributed by atoms with E-state index in [1.807, 2.05) is 12.3 Å². The lowest BCUT2D eigenvalue weighted by Gasteiger charge is -2.41. The number of methoxy groups -OCH3 is 1. The highest BCUT2D eigenvalue weighted by molar-refractivity contribution is 7.17. The molecule has 1 aliphatic heterocycles. The van der Waals surface area contributed by atoms with Gasteiger partial charge in [0, 0.05) is 46.6 Å². The maximum atomic E-state index is 13.1. The molecule has 0 aromatic carbocycles. The van der Waals surface area contributed by atoms with Crippen molar-refractivity contribution in [1.29, 1.82) is 0 Å². The summed E-state index contributed by atoms with van der Waals surface area (Å²) in [4.78, 5) is 47.6. The number of ether oxygens (including phenoxy) is 1. The zero-order chi connectivity index (χ0) is 20.3. The van der Waals surface area contributed by atoms with Gasteiger partial charge in [-0.2, -0.15) is 0 Å². The molecule has 0 radical (unpaired) electrons. The van der Waals surface area contributed by atoms with Gasteiger partial charge in [-0.1, -0.05) is 0 Å². The largest absolute Gasteiger partial charge is 0.368 e. The van der Waals surface area contributed by atoms with Crippen LogP contribution >= 0.6 is 11.3 Å². The quantitative estimate of drug-likeness (QED) is 0.773. The number of H-pyrrole nitrogens is 1. The van der Waals surface area contributed by atoms with E-state index in [2.05, 4.69) is 15.3 Å². The predicted molar refractivity (Wildman–Crippen MR) is 106 cm³/mol. The number of carbonyl (C=O) groups is 2. The first kappa shape index (κ1) is 20.3. The smallest absolute Gasteiger partial charge is 0.317 e. The number of carbonyl (C=O) groups excluding carboxylic acids is 2. The Morgan fingerprint density at radius 3 is 2.79 bits per heavy atom. The molecule has 152 valence electrons. The van der Waals surface area contributed by atoms with Crippen LogP contribution in [0.1, 0.15) is 25.6 Å². The van der Waals surface area contributed by atoms with Crippen LogP contribution in [0.2, 0.25) is 0 Å². The number of thiophene rings is 1. The Labute approximate surface area is 166 Å². The van der Waals surface area contributed by atoms with Crippen LogP contribution in [0.15, 0.2) is 16.2 Å². The Balaban J connectivity index is 1.70. The SMILES string of the molecule is CCNC(=O)N1CCC(OC)(C(=O)N(C)Cc2nc3ccsc3c(=O)[nH]2)CC1. The second kappa shape index (κ2) is 8.27. The van der Waals surface area contributed by atoms with E-state index in [-0.39, 0.29) is 24.0 Å². The molecule has 0 saturated carbocycles. The van der Waals surface area contributed by atoms with Gasteiger partial charge < -0.3 is 24.8 Å². The van der Waals surface area contributed by atoms with Crippen molar-refractivity contribution < 1.29 is 14.3 Å². The van der Waals surface area contributed by atoms with E-state index in [1.165, 1.54) is 23.3 Å². The van der Waals surface area contributed by atoms with Gasteiger partial charge in [0.25, 0.3) is 11.5 Å². The van der Waals surface area contributed by atoms with Gasteiger partial charge in [0.2, 0.25) is 0 Å². The third kappa shape index (κ3) is 3.88. The number of rotatable bonds is 5. The van der Waals surface area contributed by atoms with Crippen LogP contribution in [0, 0.1) is 0 Å². The molecular formula is C18H25N5O4S. The van der Waals surface area contributed by atoms with Crippen molar-refractivity contribution in [2.24, 2.45) is 0 Å². The number of nitrogens with zero attached hydrogens (tertiary/aromatic N) is 3. The number of likely N-dealkylation sites (N-methyl/N-ethyl adjacent to an activating group) is 1. The van der Waals surface area contributed by atoms with Crippen molar-refractivity contribution in [1.82, 2.24) is 25.1 Å². The van der Waals surface area contributed by atoms with E-state index >= 15 is 0 Å². The molecule has 3 heterocycles. The van der Waals surface area contributed by atoms with Gasteiger partial charge in [0.1, 0.15) is 16.1 Å². The number of nitrogens with one attached hydrogen (secondary N) is 2. The number of piperidine rings is 1. The van der Waals surface area contributed by atoms with Crippen molar-refractivity contribution in [2.75, 3.05) is 33.8 Å². The number of aromatic amines is 1. The summed E-state index contributed by atoms with van der Waals surface area (Å²) in [5.74, 6) is 0.247. The third-order valence-electron chi connectivity index (χ3n) is 5.06. The molecule has 9 nitrogen and oxygen atoms in total. The third-order valence-corrected chi connectivity index (χ3v) is 5.97. The summed E-state index contributed by atoms with van der Waals surface area (Å²) in [6, 6.07) is 1.66. The van der Waals surface area contributed by atoms with Crippen LogP contribution in [-0.4, -0.2) is 71.1 Å². The fraction of sp³-hybridized carbons (Fsp3) is 0.556. The maximum absolute atomic E-state index is 13.1. The maximum Gasteiger partial charge on any atom is 0.317 e. The zero-order valence-corrected chi connectivity index (χ0v) is 17.1. The second-order valence-corrected chi connectivity index (χ2v) is 7.75. The van der Waals surface area contributed by atoms with E-state index in [1.54, 1.807) is 18.0 Å². The standard InChI is InChI=1S/C18H25N5O4S/c1-4-19-17(26)23-8-6-18(27-3,7-9-23)16(25)22(2)11-13-20-12-5-10-28-14(12)15(24)21-13/h5,10H,4,6-9,11H2,1-3H3,(H,19,26)(H,20,21,24). The molecule has 10 heteroatoms.